The molecule has 6 heteroatoms. The van der Waals surface area contributed by atoms with Gasteiger partial charge in [-0.05, 0) is 134 Å². The van der Waals surface area contributed by atoms with Crippen LogP contribution in [0.25, 0.3) is 43.6 Å². The summed E-state index contributed by atoms with van der Waals surface area (Å²) in [7, 11) is 0. The van der Waals surface area contributed by atoms with Crippen molar-refractivity contribution in [2.45, 2.75) is 112 Å². The molecule has 0 aliphatic carbocycles. The second-order valence-corrected chi connectivity index (χ2v) is 22.3. The van der Waals surface area contributed by atoms with Crippen molar-refractivity contribution in [3.05, 3.63) is 173 Å². The van der Waals surface area contributed by atoms with E-state index >= 15 is 0 Å². The Morgan fingerprint density at radius 1 is 0.545 bits per heavy atom. The van der Waals surface area contributed by atoms with Crippen molar-refractivity contribution in [2.75, 3.05) is 16.5 Å². The molecule has 3 heterocycles. The number of hydrogen-bond acceptors (Lipinski definition) is 4. The number of aryl methyl sites for hydroxylation is 1. The lowest BCUT2D eigenvalue weighted by molar-refractivity contribution is 0.486. The third-order valence-electron chi connectivity index (χ3n) is 13.2. The van der Waals surface area contributed by atoms with Crippen molar-refractivity contribution in [2.24, 2.45) is 0 Å². The summed E-state index contributed by atoms with van der Waals surface area (Å²) in [6, 6.07) is 45.6. The molecule has 2 aromatic heterocycles. The van der Waals surface area contributed by atoms with Crippen molar-refractivity contribution in [1.29, 1.82) is 0 Å². The highest BCUT2D eigenvalue weighted by molar-refractivity contribution is 6.11. The van der Waals surface area contributed by atoms with Gasteiger partial charge >= 0.3 is 0 Å². The summed E-state index contributed by atoms with van der Waals surface area (Å²) in [6.45, 7) is 38.6. The Hall–Kier alpha value is -6.84. The molecule has 6 aromatic carbocycles. The van der Waals surface area contributed by atoms with E-state index in [1.54, 1.807) is 0 Å². The summed E-state index contributed by atoms with van der Waals surface area (Å²) < 4.78 is 9.04. The Balaban J connectivity index is 1.12. The fourth-order valence-electron chi connectivity index (χ4n) is 9.32. The second-order valence-electron chi connectivity index (χ2n) is 22.3. The van der Waals surface area contributed by atoms with Crippen LogP contribution < -0.4 is 14.5 Å². The SMILES string of the molecule is [C-]#[N+]c1cc2c3ccccc3n(-c3cc(-c4ccc(C(C)(C)C)cc4C(C)(C)C)c(C)cn3)c2cc1Oc1cccc(N2CN(c3cc(C(C)(C)C)cc(C(C)(C)C)c3)c3ccccc32)c1. The number of para-hydroxylation sites is 3. The summed E-state index contributed by atoms with van der Waals surface area (Å²) in [5.41, 5.74) is 15.6. The van der Waals surface area contributed by atoms with Crippen LogP contribution in [0.4, 0.5) is 28.4 Å². The Morgan fingerprint density at radius 3 is 1.82 bits per heavy atom. The molecule has 0 saturated heterocycles. The molecule has 0 fully saturated rings. The van der Waals surface area contributed by atoms with Crippen molar-refractivity contribution in [1.82, 2.24) is 9.55 Å². The van der Waals surface area contributed by atoms with E-state index in [9.17, 15) is 0 Å². The maximum absolute atomic E-state index is 8.36. The zero-order valence-electron chi connectivity index (χ0n) is 41.1. The van der Waals surface area contributed by atoms with Gasteiger partial charge in [0.25, 0.3) is 0 Å². The van der Waals surface area contributed by atoms with Gasteiger partial charge in [-0.15, -0.1) is 0 Å². The van der Waals surface area contributed by atoms with Gasteiger partial charge in [-0.3, -0.25) is 4.57 Å². The van der Waals surface area contributed by atoms with Gasteiger partial charge in [-0.2, -0.15) is 0 Å². The van der Waals surface area contributed by atoms with Gasteiger partial charge in [0.15, 0.2) is 0 Å². The van der Waals surface area contributed by atoms with Crippen LogP contribution >= 0.6 is 0 Å². The van der Waals surface area contributed by atoms with Crippen molar-refractivity contribution in [3.8, 4) is 28.4 Å². The minimum Gasteiger partial charge on any atom is -0.468 e. The minimum atomic E-state index is -0.0786. The zero-order valence-corrected chi connectivity index (χ0v) is 41.1. The molecule has 66 heavy (non-hydrogen) atoms. The maximum atomic E-state index is 8.36. The number of aromatic nitrogens is 2. The lowest BCUT2D eigenvalue weighted by Gasteiger charge is -2.29. The van der Waals surface area contributed by atoms with E-state index in [1.165, 1.54) is 33.5 Å². The van der Waals surface area contributed by atoms with Gasteiger partial charge in [-0.25, -0.2) is 9.83 Å². The van der Waals surface area contributed by atoms with E-state index in [0.29, 0.717) is 23.9 Å². The van der Waals surface area contributed by atoms with Crippen LogP contribution in [0.3, 0.4) is 0 Å². The van der Waals surface area contributed by atoms with Gasteiger partial charge in [0.05, 0.1) is 29.0 Å². The first-order valence-electron chi connectivity index (χ1n) is 23.3. The molecule has 6 nitrogen and oxygen atoms in total. The number of nitrogens with zero attached hydrogens (tertiary/aromatic N) is 5. The molecular formula is C60H63N5O. The summed E-state index contributed by atoms with van der Waals surface area (Å²) in [5.74, 6) is 1.96. The minimum absolute atomic E-state index is 0.00314. The number of ether oxygens (including phenoxy) is 1. The molecule has 0 bridgehead atoms. The highest BCUT2D eigenvalue weighted by atomic mass is 16.5. The maximum Gasteiger partial charge on any atom is 0.229 e. The van der Waals surface area contributed by atoms with Gasteiger partial charge in [0.2, 0.25) is 5.69 Å². The van der Waals surface area contributed by atoms with Gasteiger partial charge < -0.3 is 14.5 Å². The summed E-state index contributed by atoms with van der Waals surface area (Å²) in [4.78, 5) is 13.9. The molecule has 8 aromatic rings. The van der Waals surface area contributed by atoms with Crippen LogP contribution in [0.1, 0.15) is 111 Å². The van der Waals surface area contributed by atoms with Crippen LogP contribution in [0.2, 0.25) is 0 Å². The van der Waals surface area contributed by atoms with E-state index in [0.717, 1.165) is 55.8 Å². The molecule has 334 valence electrons. The fraction of sp³-hybridized carbons (Fsp3) is 0.300. The zero-order chi connectivity index (χ0) is 47.1. The van der Waals surface area contributed by atoms with E-state index in [1.807, 2.05) is 30.5 Å². The number of rotatable bonds is 6. The first-order valence-corrected chi connectivity index (χ1v) is 23.3. The van der Waals surface area contributed by atoms with Crippen LogP contribution in [-0.2, 0) is 21.7 Å². The Bertz CT molecular complexity index is 3190. The molecule has 1 aliphatic rings. The molecule has 0 radical (unpaired) electrons. The smallest absolute Gasteiger partial charge is 0.229 e. The van der Waals surface area contributed by atoms with Crippen LogP contribution in [0.5, 0.6) is 11.5 Å². The molecular weight excluding hydrogens is 807 g/mol. The molecule has 1 aliphatic heterocycles. The predicted octanol–water partition coefficient (Wildman–Crippen LogP) is 16.9. The van der Waals surface area contributed by atoms with Crippen LogP contribution in [0, 0.1) is 13.5 Å². The van der Waals surface area contributed by atoms with Crippen molar-refractivity contribution in [3.63, 3.8) is 0 Å². The predicted molar refractivity (Wildman–Crippen MR) is 278 cm³/mol. The molecule has 0 atom stereocenters. The number of fused-ring (bicyclic) bond motifs is 4. The van der Waals surface area contributed by atoms with E-state index < -0.39 is 0 Å². The van der Waals surface area contributed by atoms with E-state index in [-0.39, 0.29) is 21.7 Å². The topological polar surface area (TPSA) is 37.9 Å². The first-order chi connectivity index (χ1) is 31.1. The highest BCUT2D eigenvalue weighted by Crippen LogP contribution is 2.48. The van der Waals surface area contributed by atoms with Gasteiger partial charge in [-0.1, -0.05) is 144 Å². The number of pyridine rings is 1. The molecule has 0 N–H and O–H groups in total. The quantitative estimate of drug-likeness (QED) is 0.156. The third-order valence-corrected chi connectivity index (χ3v) is 13.2. The Labute approximate surface area is 392 Å². The van der Waals surface area contributed by atoms with Crippen LogP contribution in [-0.4, -0.2) is 16.2 Å². The monoisotopic (exact) mass is 870 g/mol. The van der Waals surface area contributed by atoms with E-state index in [2.05, 4.69) is 212 Å². The van der Waals surface area contributed by atoms with Gasteiger partial charge in [0, 0.05) is 29.0 Å². The van der Waals surface area contributed by atoms with Crippen molar-refractivity contribution >= 4 is 50.2 Å². The molecule has 0 spiro atoms. The molecule has 0 unspecified atom stereocenters. The lowest BCUT2D eigenvalue weighted by Crippen LogP contribution is -2.25. The van der Waals surface area contributed by atoms with Gasteiger partial charge in [0.1, 0.15) is 24.0 Å². The Kier molecular flexibility index (Phi) is 10.7. The standard InChI is InChI=1S/C60H63N5O/c1-38-36-62-56(34-47(38)45-27-26-39(57(2,3)4)31-49(45)60(11,12)13)65-51-23-16-15-22-46(51)48-33-50(61-14)55(35-54(48)65)66-44-21-19-20-42(32-44)63-37-64(53-25-18-17-24-52(53)63)43-29-40(58(5,6)7)28-41(30-43)59(8,9)10/h15-36H,37H2,1-13H3. The number of hydrogen-bond donors (Lipinski definition) is 0. The van der Waals surface area contributed by atoms with E-state index in [4.69, 9.17) is 16.3 Å². The second kappa shape index (κ2) is 15.9. The average Bonchev–Trinajstić information content (AvgIpc) is 3.81. The average molecular weight is 870 g/mol. The Morgan fingerprint density at radius 2 is 1.18 bits per heavy atom. The first kappa shape index (κ1) is 44.4. The molecule has 0 saturated carbocycles. The largest absolute Gasteiger partial charge is 0.468 e. The van der Waals surface area contributed by atoms with Crippen LogP contribution in [0.15, 0.2) is 134 Å². The summed E-state index contributed by atoms with van der Waals surface area (Å²) >= 11 is 0. The lowest BCUT2D eigenvalue weighted by atomic mass is 9.77. The number of benzene rings is 6. The third kappa shape index (κ3) is 8.10. The normalized spacial score (nSPS) is 13.4. The molecule has 0 amide bonds. The fourth-order valence-corrected chi connectivity index (χ4v) is 9.32. The molecule has 9 rings (SSSR count). The summed E-state index contributed by atoms with van der Waals surface area (Å²) in [6.07, 6.45) is 1.99. The summed E-state index contributed by atoms with van der Waals surface area (Å²) in [5, 5.41) is 2.03. The highest BCUT2D eigenvalue weighted by Gasteiger charge is 2.31. The van der Waals surface area contributed by atoms with Crippen molar-refractivity contribution < 1.29 is 4.74 Å². The number of anilines is 4.